The molecule has 2 aromatic rings. The number of aliphatic hydroxyl groups excluding tert-OH is 1. The van der Waals surface area contributed by atoms with Crippen LogP contribution in [0.5, 0.6) is 0 Å². The van der Waals surface area contributed by atoms with Crippen LogP contribution >= 0.6 is 0 Å². The van der Waals surface area contributed by atoms with Crippen LogP contribution in [0.2, 0.25) is 0 Å². The molecular formula is C23H26FN3O5. The predicted octanol–water partition coefficient (Wildman–Crippen LogP) is 2.54. The van der Waals surface area contributed by atoms with Gasteiger partial charge in [0.15, 0.2) is 0 Å². The topological polar surface area (TPSA) is 103 Å². The molecule has 8 nitrogen and oxygen atoms in total. The zero-order valence-electron chi connectivity index (χ0n) is 18.7. The van der Waals surface area contributed by atoms with Crippen LogP contribution in [-0.2, 0) is 14.3 Å². The first-order chi connectivity index (χ1) is 15.1. The van der Waals surface area contributed by atoms with Gasteiger partial charge in [0.05, 0.1) is 18.7 Å². The molecule has 0 spiro atoms. The Bertz CT molecular complexity index is 1100. The fourth-order valence-corrected chi connectivity index (χ4v) is 3.96. The van der Waals surface area contributed by atoms with Gasteiger partial charge in [-0.25, -0.2) is 9.18 Å². The summed E-state index contributed by atoms with van der Waals surface area (Å²) < 4.78 is 18.3. The van der Waals surface area contributed by atoms with Gasteiger partial charge in [-0.2, -0.15) is 0 Å². The number of nitrogens with one attached hydrogen (secondary N) is 1. The molecule has 1 aromatic carbocycles. The SMILES string of the molecule is COC(=O)c1[nH]c(C)c(/C(O)=C2\C(=O)C(=O)N(CCN(C)C)[C@H]2c2ccc(F)cc2)c1C. The van der Waals surface area contributed by atoms with Crippen molar-refractivity contribution in [3.8, 4) is 0 Å². The summed E-state index contributed by atoms with van der Waals surface area (Å²) in [6, 6.07) is 4.55. The van der Waals surface area contributed by atoms with Gasteiger partial charge in [-0.15, -0.1) is 0 Å². The van der Waals surface area contributed by atoms with E-state index < -0.39 is 35.3 Å². The maximum atomic E-state index is 13.6. The van der Waals surface area contributed by atoms with E-state index in [9.17, 15) is 23.9 Å². The van der Waals surface area contributed by atoms with Crippen molar-refractivity contribution in [2.75, 3.05) is 34.3 Å². The Kier molecular flexibility index (Phi) is 6.50. The Morgan fingerprint density at radius 3 is 2.41 bits per heavy atom. The number of methoxy groups -OCH3 is 1. The average Bonchev–Trinajstić information content (AvgIpc) is 3.18. The molecule has 32 heavy (non-hydrogen) atoms. The molecule has 2 heterocycles. The summed E-state index contributed by atoms with van der Waals surface area (Å²) in [5, 5.41) is 11.2. The van der Waals surface area contributed by atoms with Crippen molar-refractivity contribution in [3.63, 3.8) is 0 Å². The summed E-state index contributed by atoms with van der Waals surface area (Å²) in [6.45, 7) is 3.97. The number of benzene rings is 1. The molecule has 0 radical (unpaired) electrons. The highest BCUT2D eigenvalue weighted by Crippen LogP contribution is 2.40. The summed E-state index contributed by atoms with van der Waals surface area (Å²) in [4.78, 5) is 44.1. The molecule has 1 aromatic heterocycles. The molecule has 2 N–H and O–H groups in total. The van der Waals surface area contributed by atoms with E-state index >= 15 is 0 Å². The number of aromatic nitrogens is 1. The van der Waals surface area contributed by atoms with Gasteiger partial charge in [-0.05, 0) is 51.2 Å². The van der Waals surface area contributed by atoms with Crippen LogP contribution < -0.4 is 0 Å². The van der Waals surface area contributed by atoms with Crippen molar-refractivity contribution in [3.05, 3.63) is 63.7 Å². The number of rotatable bonds is 6. The van der Waals surface area contributed by atoms with Crippen molar-refractivity contribution in [2.45, 2.75) is 19.9 Å². The highest BCUT2D eigenvalue weighted by atomic mass is 19.1. The number of nitrogens with zero attached hydrogens (tertiary/aromatic N) is 2. The molecule has 1 aliphatic heterocycles. The number of amides is 1. The summed E-state index contributed by atoms with van der Waals surface area (Å²) >= 11 is 0. The Labute approximate surface area is 185 Å². The van der Waals surface area contributed by atoms with Crippen LogP contribution in [0.15, 0.2) is 29.8 Å². The van der Waals surface area contributed by atoms with Gasteiger partial charge in [0, 0.05) is 24.3 Å². The number of aliphatic hydroxyl groups is 1. The van der Waals surface area contributed by atoms with Crippen LogP contribution in [0, 0.1) is 19.7 Å². The molecule has 0 saturated carbocycles. The fourth-order valence-electron chi connectivity index (χ4n) is 3.96. The normalized spacial score (nSPS) is 18.0. The molecular weight excluding hydrogens is 417 g/mol. The number of halogens is 1. The number of H-pyrrole nitrogens is 1. The maximum Gasteiger partial charge on any atom is 0.354 e. The number of ketones is 1. The van der Waals surface area contributed by atoms with Gasteiger partial charge in [0.25, 0.3) is 11.7 Å². The minimum absolute atomic E-state index is 0.109. The largest absolute Gasteiger partial charge is 0.507 e. The Morgan fingerprint density at radius 2 is 1.84 bits per heavy atom. The second-order valence-electron chi connectivity index (χ2n) is 7.96. The standard InChI is InChI=1S/C23H26FN3O5/c1-12-16(13(2)25-18(12)23(31)32-5)20(28)17-19(14-6-8-15(24)9-7-14)27(11-10-26(3)4)22(30)21(17)29/h6-9,19,25,28H,10-11H2,1-5H3/b20-17+/t19-/m0/s1. The molecule has 1 saturated heterocycles. The third kappa shape index (κ3) is 4.03. The third-order valence-electron chi connectivity index (χ3n) is 5.58. The van der Waals surface area contributed by atoms with Crippen LogP contribution in [0.3, 0.4) is 0 Å². The Hall–Kier alpha value is -3.46. The highest BCUT2D eigenvalue weighted by molar-refractivity contribution is 6.46. The number of likely N-dealkylation sites (N-methyl/N-ethyl adjacent to an activating group) is 1. The molecule has 0 bridgehead atoms. The van der Waals surface area contributed by atoms with Crippen LogP contribution in [0.25, 0.3) is 5.76 Å². The molecule has 9 heteroatoms. The summed E-state index contributed by atoms with van der Waals surface area (Å²) in [5.41, 5.74) is 1.61. The van der Waals surface area contributed by atoms with Crippen LogP contribution in [0.4, 0.5) is 4.39 Å². The van der Waals surface area contributed by atoms with E-state index in [0.717, 1.165) is 0 Å². The van der Waals surface area contributed by atoms with E-state index in [1.54, 1.807) is 13.8 Å². The average molecular weight is 443 g/mol. The zero-order valence-corrected chi connectivity index (χ0v) is 18.7. The lowest BCUT2D eigenvalue weighted by molar-refractivity contribution is -0.140. The van der Waals surface area contributed by atoms with Crippen LogP contribution in [0.1, 0.15) is 38.9 Å². The summed E-state index contributed by atoms with van der Waals surface area (Å²) in [7, 11) is 4.91. The minimum atomic E-state index is -0.897. The van der Waals surface area contributed by atoms with Crippen molar-refractivity contribution >= 4 is 23.4 Å². The van der Waals surface area contributed by atoms with E-state index in [1.165, 1.54) is 36.3 Å². The van der Waals surface area contributed by atoms with E-state index in [-0.39, 0.29) is 23.4 Å². The lowest BCUT2D eigenvalue weighted by Gasteiger charge is -2.26. The molecule has 3 rings (SSSR count). The lowest BCUT2D eigenvalue weighted by Crippen LogP contribution is -2.35. The maximum absolute atomic E-state index is 13.6. The number of carbonyl (C=O) groups is 3. The first-order valence-corrected chi connectivity index (χ1v) is 10.0. The minimum Gasteiger partial charge on any atom is -0.507 e. The van der Waals surface area contributed by atoms with Crippen molar-refractivity contribution < 1.29 is 28.6 Å². The number of carbonyl (C=O) groups excluding carboxylic acids is 3. The van der Waals surface area contributed by atoms with Gasteiger partial charge in [-0.3, -0.25) is 9.59 Å². The van der Waals surface area contributed by atoms with Gasteiger partial charge < -0.3 is 24.6 Å². The lowest BCUT2D eigenvalue weighted by atomic mass is 9.94. The highest BCUT2D eigenvalue weighted by Gasteiger charge is 2.46. The third-order valence-corrected chi connectivity index (χ3v) is 5.58. The summed E-state index contributed by atoms with van der Waals surface area (Å²) in [6.07, 6.45) is 0. The molecule has 1 atom stereocenters. The fraction of sp³-hybridized carbons (Fsp3) is 0.348. The number of ether oxygens (including phenoxy) is 1. The molecule has 0 aliphatic carbocycles. The van der Waals surface area contributed by atoms with E-state index in [1.807, 2.05) is 19.0 Å². The van der Waals surface area contributed by atoms with Crippen molar-refractivity contribution in [2.24, 2.45) is 0 Å². The van der Waals surface area contributed by atoms with Gasteiger partial charge >= 0.3 is 5.97 Å². The molecule has 1 aliphatic rings. The first-order valence-electron chi connectivity index (χ1n) is 10.0. The van der Waals surface area contributed by atoms with E-state index in [4.69, 9.17) is 4.74 Å². The van der Waals surface area contributed by atoms with Gasteiger partial charge in [-0.1, -0.05) is 12.1 Å². The monoisotopic (exact) mass is 443 g/mol. The van der Waals surface area contributed by atoms with Crippen molar-refractivity contribution in [1.29, 1.82) is 0 Å². The second kappa shape index (κ2) is 8.96. The number of Topliss-reactive ketones (excluding diaryl/α,β-unsaturated/α-hetero) is 1. The summed E-state index contributed by atoms with van der Waals surface area (Å²) in [5.74, 6) is -3.06. The Morgan fingerprint density at radius 1 is 1.22 bits per heavy atom. The zero-order chi connectivity index (χ0) is 23.7. The molecule has 170 valence electrons. The smallest absolute Gasteiger partial charge is 0.354 e. The second-order valence-corrected chi connectivity index (χ2v) is 7.96. The van der Waals surface area contributed by atoms with Crippen molar-refractivity contribution in [1.82, 2.24) is 14.8 Å². The Balaban J connectivity index is 2.21. The quantitative estimate of drug-likeness (QED) is 0.308. The number of hydrogen-bond donors (Lipinski definition) is 2. The number of esters is 1. The van der Waals surface area contributed by atoms with Gasteiger partial charge in [0.2, 0.25) is 0 Å². The number of aromatic amines is 1. The number of likely N-dealkylation sites (tertiary alicyclic amines) is 1. The molecule has 1 fully saturated rings. The van der Waals surface area contributed by atoms with Crippen LogP contribution in [-0.4, -0.2) is 71.8 Å². The number of aryl methyl sites for hydroxylation is 1. The molecule has 1 amide bonds. The first kappa shape index (κ1) is 23.2. The van der Waals surface area contributed by atoms with Gasteiger partial charge in [0.1, 0.15) is 17.3 Å². The van der Waals surface area contributed by atoms with E-state index in [0.29, 0.717) is 23.4 Å². The molecule has 0 unspecified atom stereocenters. The number of hydrogen-bond acceptors (Lipinski definition) is 6. The van der Waals surface area contributed by atoms with E-state index in [2.05, 4.69) is 4.98 Å². The predicted molar refractivity (Wildman–Crippen MR) is 116 cm³/mol.